The third-order valence-electron chi connectivity index (χ3n) is 4.06. The van der Waals surface area contributed by atoms with Crippen LogP contribution in [0.5, 0.6) is 0 Å². The average molecular weight is 431 g/mol. The highest BCUT2D eigenvalue weighted by molar-refractivity contribution is 5.87. The fourth-order valence-electron chi connectivity index (χ4n) is 1.96. The summed E-state index contributed by atoms with van der Waals surface area (Å²) in [6, 6.07) is 10.0. The Balaban J connectivity index is 0. The molecule has 0 aliphatic rings. The molecule has 4 nitrogen and oxygen atoms in total. The zero-order valence-electron chi connectivity index (χ0n) is 20.1. The van der Waals surface area contributed by atoms with Crippen LogP contribution in [-0.2, 0) is 19.1 Å². The summed E-state index contributed by atoms with van der Waals surface area (Å²) in [7, 11) is 0. The van der Waals surface area contributed by atoms with E-state index in [9.17, 15) is 9.59 Å². The largest absolute Gasteiger partial charge is 0.462 e. The third kappa shape index (κ3) is 20.4. The molecule has 1 rings (SSSR count). The topological polar surface area (TPSA) is 52.6 Å². The van der Waals surface area contributed by atoms with Crippen molar-refractivity contribution in [3.8, 4) is 0 Å². The normalized spacial score (nSPS) is 9.16. The van der Waals surface area contributed by atoms with Crippen molar-refractivity contribution in [2.45, 2.75) is 72.6 Å². The van der Waals surface area contributed by atoms with Crippen molar-refractivity contribution in [3.63, 3.8) is 0 Å². The van der Waals surface area contributed by atoms with Gasteiger partial charge in [0, 0.05) is 11.1 Å². The summed E-state index contributed by atoms with van der Waals surface area (Å²) in [6.07, 6.45) is 9.01. The van der Waals surface area contributed by atoms with Gasteiger partial charge in [0.15, 0.2) is 0 Å². The van der Waals surface area contributed by atoms with Gasteiger partial charge in [-0.2, -0.15) is 0 Å². The molecular weight excluding hydrogens is 388 g/mol. The van der Waals surface area contributed by atoms with Gasteiger partial charge in [0.25, 0.3) is 0 Å². The lowest BCUT2D eigenvalue weighted by molar-refractivity contribution is -0.140. The van der Waals surface area contributed by atoms with Gasteiger partial charge < -0.3 is 9.47 Å². The smallest absolute Gasteiger partial charge is 0.333 e. The Bertz CT molecular complexity index is 632. The summed E-state index contributed by atoms with van der Waals surface area (Å²) in [4.78, 5) is 21.8. The fourth-order valence-corrected chi connectivity index (χ4v) is 1.96. The van der Waals surface area contributed by atoms with Gasteiger partial charge in [0.2, 0.25) is 0 Å². The highest BCUT2D eigenvalue weighted by atomic mass is 16.5. The number of carbonyl (C=O) groups is 2. The molecule has 0 heterocycles. The van der Waals surface area contributed by atoms with Gasteiger partial charge in [-0.3, -0.25) is 0 Å². The molecule has 1 aromatic carbocycles. The van der Waals surface area contributed by atoms with Crippen LogP contribution in [0.3, 0.4) is 0 Å². The van der Waals surface area contributed by atoms with Gasteiger partial charge in [-0.15, -0.1) is 0 Å². The Morgan fingerprint density at radius 3 is 1.84 bits per heavy atom. The van der Waals surface area contributed by atoms with E-state index in [0.717, 1.165) is 25.7 Å². The predicted octanol–water partition coefficient (Wildman–Crippen LogP) is 7.31. The minimum absolute atomic E-state index is 0.237. The van der Waals surface area contributed by atoms with E-state index in [1.54, 1.807) is 6.92 Å². The van der Waals surface area contributed by atoms with Crippen LogP contribution < -0.4 is 0 Å². The molecule has 0 atom stereocenters. The van der Waals surface area contributed by atoms with Crippen molar-refractivity contribution in [1.82, 2.24) is 0 Å². The van der Waals surface area contributed by atoms with Gasteiger partial charge >= 0.3 is 11.9 Å². The lowest BCUT2D eigenvalue weighted by atomic mass is 10.2. The molecule has 0 fully saturated rings. The molecule has 174 valence electrons. The molecule has 0 N–H and O–H groups in total. The van der Waals surface area contributed by atoms with Crippen LogP contribution in [0, 0.1) is 0 Å². The van der Waals surface area contributed by atoms with E-state index in [-0.39, 0.29) is 11.9 Å². The molecule has 0 amide bonds. The summed E-state index contributed by atoms with van der Waals surface area (Å²) in [5.74, 6) is -0.521. The van der Waals surface area contributed by atoms with Crippen molar-refractivity contribution in [2.75, 3.05) is 13.2 Å². The number of benzene rings is 1. The van der Waals surface area contributed by atoms with Crippen LogP contribution >= 0.6 is 0 Å². The maximum Gasteiger partial charge on any atom is 0.333 e. The zero-order valence-corrected chi connectivity index (χ0v) is 20.1. The quantitative estimate of drug-likeness (QED) is 0.198. The van der Waals surface area contributed by atoms with Crippen molar-refractivity contribution in [1.29, 1.82) is 0 Å². The van der Waals surface area contributed by atoms with Crippen molar-refractivity contribution >= 4 is 18.0 Å². The van der Waals surface area contributed by atoms with E-state index < -0.39 is 0 Å². The van der Waals surface area contributed by atoms with E-state index in [0.29, 0.717) is 30.8 Å². The SMILES string of the molecule is C=C(C)C(=O)OCCCC.C=C(CC)C(=O)OCCCCCC.C=Cc1ccccc1. The van der Waals surface area contributed by atoms with Crippen LogP contribution in [-0.4, -0.2) is 25.2 Å². The Kier molecular flexibility index (Phi) is 21.8. The Hall–Kier alpha value is -2.62. The molecule has 0 saturated heterocycles. The van der Waals surface area contributed by atoms with Gasteiger partial charge in [0.1, 0.15) is 0 Å². The fraction of sp³-hybridized carbons (Fsp3) is 0.481. The van der Waals surface area contributed by atoms with Crippen molar-refractivity contribution < 1.29 is 19.1 Å². The second-order valence-electron chi connectivity index (χ2n) is 7.04. The molecular formula is C27H42O4. The number of esters is 2. The van der Waals surface area contributed by atoms with E-state index in [2.05, 4.69) is 33.6 Å². The van der Waals surface area contributed by atoms with E-state index >= 15 is 0 Å². The van der Waals surface area contributed by atoms with Crippen LogP contribution in [0.4, 0.5) is 0 Å². The number of hydrogen-bond acceptors (Lipinski definition) is 4. The maximum atomic E-state index is 11.1. The number of ether oxygens (including phenoxy) is 2. The molecule has 0 aromatic heterocycles. The van der Waals surface area contributed by atoms with E-state index in [1.165, 1.54) is 18.4 Å². The highest BCUT2D eigenvalue weighted by Crippen LogP contribution is 2.03. The molecule has 31 heavy (non-hydrogen) atoms. The number of rotatable bonds is 12. The minimum Gasteiger partial charge on any atom is -0.462 e. The second-order valence-corrected chi connectivity index (χ2v) is 7.04. The molecule has 0 bridgehead atoms. The lowest BCUT2D eigenvalue weighted by Crippen LogP contribution is -2.07. The summed E-state index contributed by atoms with van der Waals surface area (Å²) in [5, 5.41) is 0. The molecule has 4 heteroatoms. The Morgan fingerprint density at radius 2 is 1.39 bits per heavy atom. The molecule has 0 aliphatic carbocycles. The summed E-state index contributed by atoms with van der Waals surface area (Å²) in [6.45, 7) is 19.5. The first kappa shape index (κ1) is 30.6. The van der Waals surface area contributed by atoms with Crippen LogP contribution in [0.2, 0.25) is 0 Å². The molecule has 0 unspecified atom stereocenters. The van der Waals surface area contributed by atoms with Crippen LogP contribution in [0.25, 0.3) is 6.08 Å². The minimum atomic E-state index is -0.284. The first-order valence-corrected chi connectivity index (χ1v) is 11.2. The zero-order chi connectivity index (χ0) is 23.9. The van der Waals surface area contributed by atoms with Crippen LogP contribution in [0.15, 0.2) is 61.2 Å². The van der Waals surface area contributed by atoms with E-state index in [1.807, 2.05) is 43.3 Å². The lowest BCUT2D eigenvalue weighted by Gasteiger charge is -2.04. The van der Waals surface area contributed by atoms with Gasteiger partial charge in [0.05, 0.1) is 13.2 Å². The summed E-state index contributed by atoms with van der Waals surface area (Å²) >= 11 is 0. The predicted molar refractivity (Wildman–Crippen MR) is 132 cm³/mol. The maximum absolute atomic E-state index is 11.1. The molecule has 0 saturated carbocycles. The van der Waals surface area contributed by atoms with E-state index in [4.69, 9.17) is 9.47 Å². The summed E-state index contributed by atoms with van der Waals surface area (Å²) < 4.78 is 9.81. The average Bonchev–Trinajstić information content (AvgIpc) is 2.79. The number of carbonyl (C=O) groups excluding carboxylic acids is 2. The first-order valence-electron chi connectivity index (χ1n) is 11.2. The number of unbranched alkanes of at least 4 members (excludes halogenated alkanes) is 4. The molecule has 0 spiro atoms. The van der Waals surface area contributed by atoms with Crippen molar-refractivity contribution in [2.24, 2.45) is 0 Å². The third-order valence-corrected chi connectivity index (χ3v) is 4.06. The first-order chi connectivity index (χ1) is 14.8. The number of hydrogen-bond donors (Lipinski definition) is 0. The van der Waals surface area contributed by atoms with Gasteiger partial charge in [-0.05, 0) is 31.7 Å². The monoisotopic (exact) mass is 430 g/mol. The summed E-state index contributed by atoms with van der Waals surface area (Å²) in [5.41, 5.74) is 2.21. The standard InChI is InChI=1S/C11H20O2.C8H14O2.C8H8/c1-4-6-7-8-9-13-11(12)10(3)5-2;1-4-5-6-10-8(9)7(2)3;1-2-8-6-4-3-5-7-8/h3-9H2,1-2H3;2,4-6H2,1,3H3;2-7H,1H2. The highest BCUT2D eigenvalue weighted by Gasteiger charge is 2.04. The molecule has 0 aliphatic heterocycles. The van der Waals surface area contributed by atoms with Gasteiger partial charge in [-0.1, -0.05) is 103 Å². The Morgan fingerprint density at radius 1 is 0.839 bits per heavy atom. The van der Waals surface area contributed by atoms with Gasteiger partial charge in [-0.25, -0.2) is 9.59 Å². The Labute approximate surface area is 190 Å². The molecule has 0 radical (unpaired) electrons. The van der Waals surface area contributed by atoms with Crippen molar-refractivity contribution in [3.05, 3.63) is 66.8 Å². The second kappa shape index (κ2) is 22.1. The molecule has 1 aromatic rings. The van der Waals surface area contributed by atoms with Crippen LogP contribution in [0.1, 0.15) is 78.2 Å².